The van der Waals surface area contributed by atoms with Crippen LogP contribution in [0.25, 0.3) is 60.9 Å². The zero-order valence-electron chi connectivity index (χ0n) is 33.5. The van der Waals surface area contributed by atoms with Gasteiger partial charge < -0.3 is 9.47 Å². The highest BCUT2D eigenvalue weighted by Crippen LogP contribution is 2.63. The molecular formula is C58H40N2. The van der Waals surface area contributed by atoms with Crippen LogP contribution in [0.1, 0.15) is 47.2 Å². The first-order chi connectivity index (χ1) is 29.5. The summed E-state index contributed by atoms with van der Waals surface area (Å²) < 4.78 is 2.52. The van der Waals surface area contributed by atoms with Crippen molar-refractivity contribution in [3.8, 4) is 39.1 Å². The van der Waals surface area contributed by atoms with Crippen molar-refractivity contribution in [2.75, 3.05) is 4.90 Å². The van der Waals surface area contributed by atoms with Crippen molar-refractivity contribution in [2.24, 2.45) is 0 Å². The van der Waals surface area contributed by atoms with E-state index in [4.69, 9.17) is 0 Å². The first-order valence-electron chi connectivity index (χ1n) is 21.1. The van der Waals surface area contributed by atoms with E-state index in [0.29, 0.717) is 0 Å². The Bertz CT molecular complexity index is 3400. The number of benzene rings is 9. The van der Waals surface area contributed by atoms with Gasteiger partial charge in [0.2, 0.25) is 0 Å². The van der Waals surface area contributed by atoms with E-state index in [-0.39, 0.29) is 5.41 Å². The van der Waals surface area contributed by atoms with Gasteiger partial charge in [-0.05, 0) is 115 Å². The molecule has 0 amide bonds. The summed E-state index contributed by atoms with van der Waals surface area (Å²) in [5.74, 6) is 0. The van der Waals surface area contributed by atoms with Crippen LogP contribution in [-0.4, -0.2) is 4.57 Å². The SMILES string of the molecule is CC1(C)c2ccccc2-c2ccc(N(c3ccccc3)c3ccc(-c4cccc5c4C4(c6ccccc6-5)c5ccccc5-n5c6ccccc6c6cccc4c65)cc3)cc21. The minimum absolute atomic E-state index is 0.0915. The van der Waals surface area contributed by atoms with Crippen LogP contribution in [0.15, 0.2) is 206 Å². The van der Waals surface area contributed by atoms with Crippen molar-refractivity contribution in [2.45, 2.75) is 24.7 Å². The standard InChI is InChI=1S/C58H40N2/c1-57(2)48-24-9-6-18-42(48)44-35-34-40(36-52(44)57)59(38-16-4-3-5-17-38)39-32-30-37(31-33-39)41-21-14-22-46-43-19-7-10-25-49(43)58(55(41)46)50-26-11-13-29-54(50)60-53-28-12-8-20-45(53)47-23-15-27-51(58)56(47)60/h3-36H,1-2H3. The predicted molar refractivity (Wildman–Crippen MR) is 249 cm³/mol. The van der Waals surface area contributed by atoms with Crippen LogP contribution in [0.3, 0.4) is 0 Å². The number of hydrogen-bond donors (Lipinski definition) is 0. The fourth-order valence-corrected chi connectivity index (χ4v) is 11.5. The summed E-state index contributed by atoms with van der Waals surface area (Å²) in [5.41, 5.74) is 22.4. The summed E-state index contributed by atoms with van der Waals surface area (Å²) in [7, 11) is 0. The molecule has 0 saturated heterocycles. The van der Waals surface area contributed by atoms with Gasteiger partial charge in [-0.1, -0.05) is 172 Å². The molecule has 1 spiro atoms. The Balaban J connectivity index is 1.02. The third-order valence-corrected chi connectivity index (χ3v) is 14.0. The van der Waals surface area contributed by atoms with Crippen molar-refractivity contribution in [1.82, 2.24) is 4.57 Å². The van der Waals surface area contributed by atoms with E-state index in [1.54, 1.807) is 0 Å². The van der Waals surface area contributed by atoms with E-state index in [1.165, 1.54) is 94.3 Å². The summed E-state index contributed by atoms with van der Waals surface area (Å²) in [4.78, 5) is 2.41. The monoisotopic (exact) mass is 764 g/mol. The molecule has 0 fully saturated rings. The van der Waals surface area contributed by atoms with Crippen LogP contribution < -0.4 is 4.90 Å². The zero-order chi connectivity index (χ0) is 39.7. The lowest BCUT2D eigenvalue weighted by Crippen LogP contribution is -2.34. The van der Waals surface area contributed by atoms with E-state index in [1.807, 2.05) is 0 Å². The van der Waals surface area contributed by atoms with Crippen LogP contribution in [0.5, 0.6) is 0 Å². The number of aromatic nitrogens is 1. The molecule has 2 heteroatoms. The van der Waals surface area contributed by atoms with E-state index < -0.39 is 5.41 Å². The van der Waals surface area contributed by atoms with E-state index >= 15 is 0 Å². The molecule has 282 valence electrons. The molecule has 9 aromatic carbocycles. The number of fused-ring (bicyclic) bond motifs is 15. The van der Waals surface area contributed by atoms with Crippen LogP contribution in [0.2, 0.25) is 0 Å². The van der Waals surface area contributed by atoms with Gasteiger partial charge in [0.15, 0.2) is 0 Å². The van der Waals surface area contributed by atoms with Crippen LogP contribution in [0, 0.1) is 0 Å². The first kappa shape index (κ1) is 33.5. The van der Waals surface area contributed by atoms with Crippen molar-refractivity contribution in [1.29, 1.82) is 0 Å². The Morgan fingerprint density at radius 2 is 0.950 bits per heavy atom. The smallest absolute Gasteiger partial charge is 0.0760 e. The molecule has 0 N–H and O–H groups in total. The highest BCUT2D eigenvalue weighted by atomic mass is 15.1. The Hall–Kier alpha value is -7.42. The van der Waals surface area contributed by atoms with Gasteiger partial charge in [-0.2, -0.15) is 0 Å². The molecule has 3 aliphatic rings. The van der Waals surface area contributed by atoms with Crippen LogP contribution in [0.4, 0.5) is 17.1 Å². The summed E-state index contributed by atoms with van der Waals surface area (Å²) in [5, 5.41) is 2.58. The van der Waals surface area contributed by atoms with E-state index in [2.05, 4.69) is 230 Å². The summed E-state index contributed by atoms with van der Waals surface area (Å²) in [6.45, 7) is 4.72. The molecule has 60 heavy (non-hydrogen) atoms. The topological polar surface area (TPSA) is 8.17 Å². The second-order valence-corrected chi connectivity index (χ2v) is 17.2. The van der Waals surface area contributed by atoms with E-state index in [0.717, 1.165) is 17.1 Å². The maximum atomic E-state index is 2.52. The molecule has 2 heterocycles. The fraction of sp³-hybridized carbons (Fsp3) is 0.0690. The molecule has 1 aromatic heterocycles. The maximum absolute atomic E-state index is 2.52. The number of anilines is 3. The van der Waals surface area contributed by atoms with Gasteiger partial charge >= 0.3 is 0 Å². The number of rotatable bonds is 4. The highest BCUT2D eigenvalue weighted by molar-refractivity contribution is 6.13. The summed E-state index contributed by atoms with van der Waals surface area (Å²) >= 11 is 0. The quantitative estimate of drug-likeness (QED) is 0.173. The molecule has 1 atom stereocenters. The average molecular weight is 765 g/mol. The second kappa shape index (κ2) is 12.1. The summed E-state index contributed by atoms with van der Waals surface area (Å²) in [6.07, 6.45) is 0. The molecule has 0 radical (unpaired) electrons. The molecule has 1 aliphatic heterocycles. The zero-order valence-corrected chi connectivity index (χ0v) is 33.5. The molecule has 10 aromatic rings. The van der Waals surface area contributed by atoms with Gasteiger partial charge in [0, 0.05) is 33.2 Å². The van der Waals surface area contributed by atoms with E-state index in [9.17, 15) is 0 Å². The average Bonchev–Trinajstić information content (AvgIpc) is 3.88. The largest absolute Gasteiger partial charge is 0.310 e. The Morgan fingerprint density at radius 1 is 0.383 bits per heavy atom. The van der Waals surface area contributed by atoms with Gasteiger partial charge in [0.05, 0.1) is 22.1 Å². The highest BCUT2D eigenvalue weighted by Gasteiger charge is 2.52. The van der Waals surface area contributed by atoms with Crippen LogP contribution in [-0.2, 0) is 10.8 Å². The number of para-hydroxylation sites is 4. The first-order valence-corrected chi connectivity index (χ1v) is 21.1. The molecule has 13 rings (SSSR count). The lowest BCUT2D eigenvalue weighted by Gasteiger charge is -2.40. The Labute approximate surface area is 350 Å². The molecule has 0 saturated carbocycles. The van der Waals surface area contributed by atoms with Gasteiger partial charge in [-0.25, -0.2) is 0 Å². The molecular weight excluding hydrogens is 725 g/mol. The molecule has 2 nitrogen and oxygen atoms in total. The maximum Gasteiger partial charge on any atom is 0.0760 e. The minimum atomic E-state index is -0.521. The predicted octanol–water partition coefficient (Wildman–Crippen LogP) is 14.9. The lowest BCUT2D eigenvalue weighted by molar-refractivity contribution is 0.660. The summed E-state index contributed by atoms with van der Waals surface area (Å²) in [6, 6.07) is 77.2. The lowest BCUT2D eigenvalue weighted by atomic mass is 9.64. The van der Waals surface area contributed by atoms with Crippen molar-refractivity contribution in [3.63, 3.8) is 0 Å². The Kier molecular flexibility index (Phi) is 6.74. The van der Waals surface area contributed by atoms with Gasteiger partial charge in [-0.15, -0.1) is 0 Å². The van der Waals surface area contributed by atoms with Crippen LogP contribution >= 0.6 is 0 Å². The Morgan fingerprint density at radius 3 is 1.78 bits per heavy atom. The normalized spacial score (nSPS) is 16.0. The third-order valence-electron chi connectivity index (χ3n) is 14.0. The van der Waals surface area contributed by atoms with Gasteiger partial charge in [0.25, 0.3) is 0 Å². The number of hydrogen-bond acceptors (Lipinski definition) is 1. The third kappa shape index (κ3) is 4.22. The van der Waals surface area contributed by atoms with Crippen molar-refractivity contribution < 1.29 is 0 Å². The molecule has 1 unspecified atom stereocenters. The minimum Gasteiger partial charge on any atom is -0.310 e. The fourth-order valence-electron chi connectivity index (χ4n) is 11.5. The number of nitrogens with zero attached hydrogens (tertiary/aromatic N) is 2. The van der Waals surface area contributed by atoms with Gasteiger partial charge in [0.1, 0.15) is 0 Å². The van der Waals surface area contributed by atoms with Gasteiger partial charge in [-0.3, -0.25) is 0 Å². The molecule has 0 bridgehead atoms. The van der Waals surface area contributed by atoms with Crippen molar-refractivity contribution >= 4 is 38.9 Å². The van der Waals surface area contributed by atoms with Crippen molar-refractivity contribution in [3.05, 3.63) is 240 Å². The molecule has 2 aliphatic carbocycles. The second-order valence-electron chi connectivity index (χ2n) is 17.2.